The van der Waals surface area contributed by atoms with Crippen LogP contribution in [0.2, 0.25) is 10.0 Å². The Balaban J connectivity index is 1.56. The van der Waals surface area contributed by atoms with Crippen molar-refractivity contribution in [2.45, 2.75) is 39.3 Å². The third-order valence-electron chi connectivity index (χ3n) is 5.43. The standard InChI is InChI=1S/C27H28Cl2N6/c1-27(2,3)20-12-14-21(15-13-20)32-26-34-24(30-16-18-8-4-6-10-22(18)28)33-25(35-26)31-17-19-9-5-7-11-23(19)29/h4-15H,16-17H2,1-3H3,(H3,30,31,32,33,34,35). The third-order valence-corrected chi connectivity index (χ3v) is 6.17. The summed E-state index contributed by atoms with van der Waals surface area (Å²) in [5.74, 6) is 1.28. The van der Waals surface area contributed by atoms with Crippen LogP contribution in [0.15, 0.2) is 72.8 Å². The van der Waals surface area contributed by atoms with E-state index in [2.05, 4.69) is 63.8 Å². The van der Waals surface area contributed by atoms with Gasteiger partial charge in [0, 0.05) is 28.8 Å². The average Bonchev–Trinajstić information content (AvgIpc) is 2.83. The van der Waals surface area contributed by atoms with Gasteiger partial charge in [0.25, 0.3) is 0 Å². The van der Waals surface area contributed by atoms with E-state index in [0.29, 0.717) is 41.0 Å². The second-order valence-corrected chi connectivity index (χ2v) is 9.96. The van der Waals surface area contributed by atoms with E-state index < -0.39 is 0 Å². The number of aromatic nitrogens is 3. The smallest absolute Gasteiger partial charge is 0.233 e. The zero-order valence-corrected chi connectivity index (χ0v) is 21.5. The van der Waals surface area contributed by atoms with Crippen molar-refractivity contribution in [1.29, 1.82) is 0 Å². The van der Waals surface area contributed by atoms with Gasteiger partial charge in [0.2, 0.25) is 17.8 Å². The fourth-order valence-electron chi connectivity index (χ4n) is 3.40. The van der Waals surface area contributed by atoms with Gasteiger partial charge in [-0.2, -0.15) is 15.0 Å². The van der Waals surface area contributed by atoms with Crippen LogP contribution >= 0.6 is 23.2 Å². The van der Waals surface area contributed by atoms with Gasteiger partial charge >= 0.3 is 0 Å². The Labute approximate surface area is 216 Å². The summed E-state index contributed by atoms with van der Waals surface area (Å²) in [4.78, 5) is 13.7. The summed E-state index contributed by atoms with van der Waals surface area (Å²) >= 11 is 12.6. The fraction of sp³-hybridized carbons (Fsp3) is 0.222. The highest BCUT2D eigenvalue weighted by Crippen LogP contribution is 2.25. The van der Waals surface area contributed by atoms with Gasteiger partial charge in [0.15, 0.2) is 0 Å². The number of hydrogen-bond donors (Lipinski definition) is 3. The van der Waals surface area contributed by atoms with Crippen LogP contribution in [0.1, 0.15) is 37.5 Å². The first-order valence-corrected chi connectivity index (χ1v) is 12.1. The minimum Gasteiger partial charge on any atom is -0.350 e. The van der Waals surface area contributed by atoms with Crippen LogP contribution in [-0.2, 0) is 18.5 Å². The minimum atomic E-state index is 0.0807. The van der Waals surface area contributed by atoms with Crippen molar-refractivity contribution < 1.29 is 0 Å². The quantitative estimate of drug-likeness (QED) is 0.230. The Morgan fingerprint density at radius 3 is 1.54 bits per heavy atom. The molecule has 0 saturated carbocycles. The van der Waals surface area contributed by atoms with E-state index in [1.54, 1.807) is 0 Å². The molecule has 4 aromatic rings. The van der Waals surface area contributed by atoms with Gasteiger partial charge in [0.05, 0.1) is 0 Å². The number of nitrogens with zero attached hydrogens (tertiary/aromatic N) is 3. The van der Waals surface area contributed by atoms with Crippen molar-refractivity contribution >= 4 is 46.7 Å². The lowest BCUT2D eigenvalue weighted by Gasteiger charge is -2.19. The van der Waals surface area contributed by atoms with Gasteiger partial charge in [-0.3, -0.25) is 0 Å². The number of rotatable bonds is 8. The van der Waals surface area contributed by atoms with Gasteiger partial charge in [-0.05, 0) is 46.4 Å². The summed E-state index contributed by atoms with van der Waals surface area (Å²) in [6.07, 6.45) is 0. The molecule has 6 nitrogen and oxygen atoms in total. The first kappa shape index (κ1) is 24.8. The van der Waals surface area contributed by atoms with E-state index in [1.165, 1.54) is 5.56 Å². The number of hydrogen-bond acceptors (Lipinski definition) is 6. The summed E-state index contributed by atoms with van der Waals surface area (Å²) < 4.78 is 0. The molecule has 0 spiro atoms. The van der Waals surface area contributed by atoms with Crippen LogP contribution in [0.4, 0.5) is 23.5 Å². The molecule has 0 amide bonds. The zero-order chi connectivity index (χ0) is 24.8. The summed E-state index contributed by atoms with van der Waals surface area (Å²) in [6.45, 7) is 7.53. The maximum absolute atomic E-state index is 6.31. The van der Waals surface area contributed by atoms with Crippen LogP contribution in [0.3, 0.4) is 0 Å². The Morgan fingerprint density at radius 2 is 1.09 bits per heavy atom. The molecule has 0 fully saturated rings. The zero-order valence-electron chi connectivity index (χ0n) is 19.9. The van der Waals surface area contributed by atoms with Crippen molar-refractivity contribution in [3.05, 3.63) is 99.5 Å². The SMILES string of the molecule is CC(C)(C)c1ccc(Nc2nc(NCc3ccccc3Cl)nc(NCc3ccccc3Cl)n2)cc1. The van der Waals surface area contributed by atoms with Crippen LogP contribution in [-0.4, -0.2) is 15.0 Å². The Morgan fingerprint density at radius 1 is 0.629 bits per heavy atom. The van der Waals surface area contributed by atoms with E-state index in [4.69, 9.17) is 23.2 Å². The van der Waals surface area contributed by atoms with Crippen LogP contribution < -0.4 is 16.0 Å². The molecule has 0 saturated heterocycles. The molecule has 0 radical (unpaired) electrons. The largest absolute Gasteiger partial charge is 0.350 e. The first-order valence-electron chi connectivity index (χ1n) is 11.4. The molecule has 1 aromatic heterocycles. The molecule has 0 bridgehead atoms. The third kappa shape index (κ3) is 6.84. The van der Waals surface area contributed by atoms with Crippen LogP contribution in [0.25, 0.3) is 0 Å². The van der Waals surface area contributed by atoms with E-state index in [-0.39, 0.29) is 5.41 Å². The highest BCUT2D eigenvalue weighted by molar-refractivity contribution is 6.31. The molecule has 1 heterocycles. The van der Waals surface area contributed by atoms with Crippen molar-refractivity contribution in [3.63, 3.8) is 0 Å². The summed E-state index contributed by atoms with van der Waals surface area (Å²) in [7, 11) is 0. The minimum absolute atomic E-state index is 0.0807. The van der Waals surface area contributed by atoms with Crippen LogP contribution in [0, 0.1) is 0 Å². The maximum atomic E-state index is 6.31. The topological polar surface area (TPSA) is 74.8 Å². The summed E-state index contributed by atoms with van der Waals surface area (Å²) in [6, 6.07) is 23.6. The molecule has 180 valence electrons. The van der Waals surface area contributed by atoms with E-state index in [0.717, 1.165) is 16.8 Å². The van der Waals surface area contributed by atoms with Crippen molar-refractivity contribution in [1.82, 2.24) is 15.0 Å². The molecule has 0 atom stereocenters. The Hall–Kier alpha value is -3.35. The van der Waals surface area contributed by atoms with Gasteiger partial charge in [-0.25, -0.2) is 0 Å². The molecule has 0 unspecified atom stereocenters. The molecule has 0 aliphatic rings. The number of halogens is 2. The highest BCUT2D eigenvalue weighted by Gasteiger charge is 2.14. The molecule has 0 aliphatic carbocycles. The van der Waals surface area contributed by atoms with Crippen molar-refractivity contribution in [2.75, 3.05) is 16.0 Å². The van der Waals surface area contributed by atoms with Crippen molar-refractivity contribution in [2.24, 2.45) is 0 Å². The molecule has 3 aromatic carbocycles. The average molecular weight is 507 g/mol. The molecule has 4 rings (SSSR count). The lowest BCUT2D eigenvalue weighted by Crippen LogP contribution is -2.12. The maximum Gasteiger partial charge on any atom is 0.233 e. The van der Waals surface area contributed by atoms with Gasteiger partial charge in [-0.1, -0.05) is 92.5 Å². The second kappa shape index (κ2) is 10.9. The monoisotopic (exact) mass is 506 g/mol. The van der Waals surface area contributed by atoms with Gasteiger partial charge in [-0.15, -0.1) is 0 Å². The molecular weight excluding hydrogens is 479 g/mol. The molecule has 8 heteroatoms. The van der Waals surface area contributed by atoms with E-state index in [1.807, 2.05) is 60.7 Å². The predicted molar refractivity (Wildman–Crippen MR) is 146 cm³/mol. The Bertz CT molecular complexity index is 1220. The molecular formula is C27H28Cl2N6. The number of benzene rings is 3. The first-order chi connectivity index (χ1) is 16.8. The van der Waals surface area contributed by atoms with Gasteiger partial charge in [0.1, 0.15) is 0 Å². The second-order valence-electron chi connectivity index (χ2n) is 9.15. The summed E-state index contributed by atoms with van der Waals surface area (Å²) in [5, 5.41) is 11.2. The molecule has 3 N–H and O–H groups in total. The van der Waals surface area contributed by atoms with Crippen molar-refractivity contribution in [3.8, 4) is 0 Å². The number of anilines is 4. The van der Waals surface area contributed by atoms with E-state index in [9.17, 15) is 0 Å². The van der Waals surface area contributed by atoms with Crippen LogP contribution in [0.5, 0.6) is 0 Å². The normalized spacial score (nSPS) is 11.2. The molecule has 35 heavy (non-hydrogen) atoms. The molecule has 0 aliphatic heterocycles. The Kier molecular flexibility index (Phi) is 7.73. The lowest BCUT2D eigenvalue weighted by atomic mass is 9.87. The highest BCUT2D eigenvalue weighted by atomic mass is 35.5. The lowest BCUT2D eigenvalue weighted by molar-refractivity contribution is 0.590. The summed E-state index contributed by atoms with van der Waals surface area (Å²) in [5.41, 5.74) is 4.12. The fourth-order valence-corrected chi connectivity index (χ4v) is 3.81. The van der Waals surface area contributed by atoms with E-state index >= 15 is 0 Å². The van der Waals surface area contributed by atoms with Gasteiger partial charge < -0.3 is 16.0 Å². The predicted octanol–water partition coefficient (Wildman–Crippen LogP) is 7.44. The number of nitrogens with one attached hydrogen (secondary N) is 3.